The van der Waals surface area contributed by atoms with Gasteiger partial charge in [0, 0.05) is 12.8 Å². The first-order valence-corrected chi connectivity index (χ1v) is 23.9. The van der Waals surface area contributed by atoms with Gasteiger partial charge in [-0.15, -0.1) is 0 Å². The highest BCUT2D eigenvalue weighted by atomic mass is 31.2. The normalized spacial score (nSPS) is 14.0. The topological polar surface area (TPSA) is 108 Å². The molecule has 0 rings (SSSR count). The van der Waals surface area contributed by atoms with E-state index in [4.69, 9.17) is 18.5 Å². The summed E-state index contributed by atoms with van der Waals surface area (Å²) >= 11 is 0. The molecule has 0 heterocycles. The summed E-state index contributed by atoms with van der Waals surface area (Å²) in [5.41, 5.74) is 0. The molecule has 0 spiro atoms. The Kier molecular flexibility index (Phi) is 37.1. The maximum atomic E-state index is 12.7. The Morgan fingerprint density at radius 3 is 1.48 bits per heavy atom. The molecule has 0 aromatic heterocycles. The van der Waals surface area contributed by atoms with Crippen LogP contribution < -0.4 is 0 Å². The third-order valence-electron chi connectivity index (χ3n) is 9.33. The van der Waals surface area contributed by atoms with Gasteiger partial charge in [-0.2, -0.15) is 0 Å². The second-order valence-corrected chi connectivity index (χ2v) is 17.5. The molecule has 1 N–H and O–H groups in total. The van der Waals surface area contributed by atoms with Crippen molar-refractivity contribution in [2.45, 2.75) is 187 Å². The monoisotopic (exact) mass is 811 g/mol. The van der Waals surface area contributed by atoms with E-state index in [1.54, 1.807) is 0 Å². The molecule has 10 heteroatoms. The van der Waals surface area contributed by atoms with Crippen molar-refractivity contribution < 1.29 is 42.1 Å². The van der Waals surface area contributed by atoms with E-state index in [1.807, 2.05) is 21.1 Å². The molecule has 2 atom stereocenters. The first-order chi connectivity index (χ1) is 27.0. The number of hydrogen-bond acceptors (Lipinski definition) is 7. The van der Waals surface area contributed by atoms with Gasteiger partial charge in [-0.25, -0.2) is 4.57 Å². The summed E-state index contributed by atoms with van der Waals surface area (Å²) < 4.78 is 34.3. The molecule has 1 unspecified atom stereocenters. The van der Waals surface area contributed by atoms with Crippen LogP contribution in [0.4, 0.5) is 0 Å². The quantitative estimate of drug-likeness (QED) is 0.0214. The number of carbonyl (C=O) groups is 2. The summed E-state index contributed by atoms with van der Waals surface area (Å²) in [6, 6.07) is 0. The highest BCUT2D eigenvalue weighted by molar-refractivity contribution is 7.47. The Labute approximate surface area is 343 Å². The highest BCUT2D eigenvalue weighted by Crippen LogP contribution is 2.43. The molecule has 0 bridgehead atoms. The van der Waals surface area contributed by atoms with Crippen LogP contribution in [0.5, 0.6) is 0 Å². The lowest BCUT2D eigenvalue weighted by atomic mass is 10.1. The van der Waals surface area contributed by atoms with Gasteiger partial charge in [0.15, 0.2) is 6.10 Å². The Morgan fingerprint density at radius 2 is 0.964 bits per heavy atom. The van der Waals surface area contributed by atoms with Crippen molar-refractivity contribution in [3.05, 3.63) is 48.6 Å². The number of hydrogen-bond donors (Lipinski definition) is 1. The van der Waals surface area contributed by atoms with Gasteiger partial charge in [0.25, 0.3) is 0 Å². The predicted molar refractivity (Wildman–Crippen MR) is 233 cm³/mol. The zero-order valence-corrected chi connectivity index (χ0v) is 37.5. The number of likely N-dealkylation sites (N-methyl/N-ethyl adjacent to an activating group) is 1. The van der Waals surface area contributed by atoms with Crippen molar-refractivity contribution >= 4 is 19.8 Å². The van der Waals surface area contributed by atoms with Gasteiger partial charge in [-0.3, -0.25) is 18.6 Å². The van der Waals surface area contributed by atoms with Crippen LogP contribution in [0.15, 0.2) is 48.6 Å². The second-order valence-electron chi connectivity index (χ2n) is 16.1. The summed E-state index contributed by atoms with van der Waals surface area (Å²) in [7, 11) is 1.46. The van der Waals surface area contributed by atoms with Crippen LogP contribution >= 0.6 is 7.82 Å². The lowest BCUT2D eigenvalue weighted by Crippen LogP contribution is -2.37. The molecule has 0 saturated carbocycles. The lowest BCUT2D eigenvalue weighted by molar-refractivity contribution is -0.870. The SMILES string of the molecule is CCCCC/C=C\C/C=C\C/C=C\CCCCCCC(=O)OC[C@H](COP(=O)(O)OCC[N+](C)(C)C)OC(=O)CCCCCCCCC/C=C\CCCCCC. The predicted octanol–water partition coefficient (Wildman–Crippen LogP) is 12.7. The minimum atomic E-state index is -4.38. The third-order valence-corrected chi connectivity index (χ3v) is 10.3. The fourth-order valence-electron chi connectivity index (χ4n) is 5.78. The molecule has 0 aliphatic rings. The number of allylic oxidation sites excluding steroid dienone is 8. The Morgan fingerprint density at radius 1 is 0.554 bits per heavy atom. The first-order valence-electron chi connectivity index (χ1n) is 22.4. The van der Waals surface area contributed by atoms with Crippen molar-refractivity contribution in [1.29, 1.82) is 0 Å². The van der Waals surface area contributed by atoms with Crippen LogP contribution in [0, 0.1) is 0 Å². The van der Waals surface area contributed by atoms with Gasteiger partial charge >= 0.3 is 19.8 Å². The number of esters is 2. The molecule has 0 radical (unpaired) electrons. The van der Waals surface area contributed by atoms with Crippen molar-refractivity contribution in [2.24, 2.45) is 0 Å². The summed E-state index contributed by atoms with van der Waals surface area (Å²) in [5, 5.41) is 0. The van der Waals surface area contributed by atoms with Gasteiger partial charge < -0.3 is 18.9 Å². The van der Waals surface area contributed by atoms with Gasteiger partial charge in [-0.05, 0) is 77.0 Å². The molecule has 0 amide bonds. The molecule has 326 valence electrons. The van der Waals surface area contributed by atoms with Crippen molar-refractivity contribution in [3.63, 3.8) is 0 Å². The number of unbranched alkanes of at least 4 members (excludes halogenated alkanes) is 18. The van der Waals surface area contributed by atoms with Crippen molar-refractivity contribution in [2.75, 3.05) is 47.5 Å². The van der Waals surface area contributed by atoms with Gasteiger partial charge in [0.1, 0.15) is 19.8 Å². The first kappa shape index (κ1) is 54.0. The van der Waals surface area contributed by atoms with E-state index in [0.29, 0.717) is 23.9 Å². The molecule has 0 saturated heterocycles. The number of phosphoric acid groups is 1. The van der Waals surface area contributed by atoms with Crippen LogP contribution in [-0.4, -0.2) is 74.9 Å². The van der Waals surface area contributed by atoms with Crippen LogP contribution in [0.1, 0.15) is 181 Å². The van der Waals surface area contributed by atoms with Crippen LogP contribution in [0.3, 0.4) is 0 Å². The fraction of sp³-hybridized carbons (Fsp3) is 0.783. The third kappa shape index (κ3) is 41.6. The number of ether oxygens (including phenoxy) is 2. The van der Waals surface area contributed by atoms with Gasteiger partial charge in [-0.1, -0.05) is 140 Å². The Bertz CT molecular complexity index is 1100. The summed E-state index contributed by atoms with van der Waals surface area (Å²) in [6.45, 7) is 4.35. The van der Waals surface area contributed by atoms with E-state index in [9.17, 15) is 19.0 Å². The number of quaternary nitrogens is 1. The van der Waals surface area contributed by atoms with Crippen LogP contribution in [-0.2, 0) is 32.7 Å². The summed E-state index contributed by atoms with van der Waals surface area (Å²) in [4.78, 5) is 35.4. The Balaban J connectivity index is 4.40. The maximum Gasteiger partial charge on any atom is 0.472 e. The minimum Gasteiger partial charge on any atom is -0.462 e. The average Bonchev–Trinajstić information content (AvgIpc) is 3.15. The van der Waals surface area contributed by atoms with E-state index < -0.39 is 32.5 Å². The van der Waals surface area contributed by atoms with E-state index >= 15 is 0 Å². The van der Waals surface area contributed by atoms with E-state index in [-0.39, 0.29) is 26.1 Å². The largest absolute Gasteiger partial charge is 0.472 e. The summed E-state index contributed by atoms with van der Waals surface area (Å²) in [5.74, 6) is -0.830. The molecule has 56 heavy (non-hydrogen) atoms. The standard InChI is InChI=1S/C46H84NO8P/c1-6-8-10-12-14-16-18-20-22-23-25-26-28-30-32-34-36-38-45(48)52-42-44(43-54-56(50,51)53-41-40-47(3,4)5)55-46(49)39-37-35-33-31-29-27-24-21-19-17-15-13-11-9-7-2/h14,16-17,19-20,22,25-26,44H,6-13,15,18,21,23-24,27-43H2,1-5H3/p+1/b16-14-,19-17-,22-20-,26-25-/t44-/m1/s1. The van der Waals surface area contributed by atoms with Crippen molar-refractivity contribution in [3.8, 4) is 0 Å². The highest BCUT2D eigenvalue weighted by Gasteiger charge is 2.27. The number of nitrogens with zero attached hydrogens (tertiary/aromatic N) is 1. The van der Waals surface area contributed by atoms with Crippen molar-refractivity contribution in [1.82, 2.24) is 0 Å². The molecule has 0 aliphatic carbocycles. The Hall–Kier alpha value is -2.03. The molecule has 0 aromatic rings. The number of carbonyl (C=O) groups excluding carboxylic acids is 2. The molecule has 0 aliphatic heterocycles. The zero-order valence-electron chi connectivity index (χ0n) is 36.6. The number of phosphoric ester groups is 1. The zero-order chi connectivity index (χ0) is 41.4. The van der Waals surface area contributed by atoms with Crippen LogP contribution in [0.2, 0.25) is 0 Å². The molecule has 0 fully saturated rings. The summed E-state index contributed by atoms with van der Waals surface area (Å²) in [6.07, 6.45) is 44.3. The van der Waals surface area contributed by atoms with E-state index in [2.05, 4.69) is 62.5 Å². The molecule has 9 nitrogen and oxygen atoms in total. The van der Waals surface area contributed by atoms with E-state index in [0.717, 1.165) is 64.2 Å². The molecular formula is C46H85NO8P+. The second kappa shape index (κ2) is 38.5. The minimum absolute atomic E-state index is 0.0257. The molecule has 0 aromatic carbocycles. The smallest absolute Gasteiger partial charge is 0.462 e. The lowest BCUT2D eigenvalue weighted by Gasteiger charge is -2.24. The van der Waals surface area contributed by atoms with Crippen LogP contribution in [0.25, 0.3) is 0 Å². The average molecular weight is 811 g/mol. The van der Waals surface area contributed by atoms with Gasteiger partial charge in [0.05, 0.1) is 27.7 Å². The van der Waals surface area contributed by atoms with Gasteiger partial charge in [0.2, 0.25) is 0 Å². The fourth-order valence-corrected chi connectivity index (χ4v) is 6.52. The molecular weight excluding hydrogens is 725 g/mol. The van der Waals surface area contributed by atoms with E-state index in [1.165, 1.54) is 77.0 Å². The maximum absolute atomic E-state index is 12.7. The number of rotatable bonds is 40.